The lowest BCUT2D eigenvalue weighted by Crippen LogP contribution is -2.23. The molecule has 0 fully saturated rings. The molecule has 3 heteroatoms. The first-order valence-corrected chi connectivity index (χ1v) is 7.44. The third kappa shape index (κ3) is 4.00. The van der Waals surface area contributed by atoms with Crippen molar-refractivity contribution in [2.24, 2.45) is 0 Å². The van der Waals surface area contributed by atoms with Gasteiger partial charge in [0.2, 0.25) is 0 Å². The number of hydrogen-bond donors (Lipinski definition) is 1. The quantitative estimate of drug-likeness (QED) is 0.643. The average Bonchev–Trinajstić information content (AvgIpc) is 2.52. The third-order valence-corrected chi connectivity index (χ3v) is 3.85. The summed E-state index contributed by atoms with van der Waals surface area (Å²) >= 11 is 1.62. The fraction of sp³-hybridized carbons (Fsp3) is 0.118. The minimum absolute atomic E-state index is 0.0407. The van der Waals surface area contributed by atoms with Gasteiger partial charge in [0, 0.05) is 17.2 Å². The van der Waals surface area contributed by atoms with E-state index < -0.39 is 0 Å². The Morgan fingerprint density at radius 1 is 1.10 bits per heavy atom. The van der Waals surface area contributed by atoms with Gasteiger partial charge in [0.05, 0.1) is 5.56 Å². The fourth-order valence-corrected chi connectivity index (χ4v) is 2.59. The molecular formula is C17H17NOS. The molecule has 0 bridgehead atoms. The highest BCUT2D eigenvalue weighted by molar-refractivity contribution is 7.99. The van der Waals surface area contributed by atoms with Crippen molar-refractivity contribution in [3.63, 3.8) is 0 Å². The van der Waals surface area contributed by atoms with Crippen LogP contribution in [-0.4, -0.2) is 11.7 Å². The predicted octanol–water partition coefficient (Wildman–Crippen LogP) is 3.89. The molecule has 2 aromatic rings. The van der Waals surface area contributed by atoms with E-state index in [4.69, 9.17) is 0 Å². The van der Waals surface area contributed by atoms with Gasteiger partial charge in [-0.1, -0.05) is 48.5 Å². The molecule has 2 aromatic carbocycles. The van der Waals surface area contributed by atoms with Gasteiger partial charge in [-0.05, 0) is 17.7 Å². The molecule has 1 N–H and O–H groups in total. The van der Waals surface area contributed by atoms with E-state index in [1.807, 2.05) is 60.7 Å². The fourth-order valence-electron chi connectivity index (χ4n) is 1.80. The van der Waals surface area contributed by atoms with E-state index in [9.17, 15) is 4.79 Å². The molecule has 1 amide bonds. The minimum atomic E-state index is -0.0407. The van der Waals surface area contributed by atoms with Crippen LogP contribution in [-0.2, 0) is 6.54 Å². The first kappa shape index (κ1) is 14.4. The maximum atomic E-state index is 12.3. The van der Waals surface area contributed by atoms with E-state index in [2.05, 4.69) is 11.9 Å². The topological polar surface area (TPSA) is 29.1 Å². The molecule has 0 heterocycles. The number of benzene rings is 2. The molecule has 2 rings (SSSR count). The largest absolute Gasteiger partial charge is 0.348 e. The minimum Gasteiger partial charge on any atom is -0.348 e. The number of hydrogen-bond acceptors (Lipinski definition) is 2. The Kier molecular flexibility index (Phi) is 5.44. The first-order chi connectivity index (χ1) is 9.81. The van der Waals surface area contributed by atoms with Crippen LogP contribution in [0.2, 0.25) is 0 Å². The van der Waals surface area contributed by atoms with Gasteiger partial charge in [-0.2, -0.15) is 0 Å². The Hall–Kier alpha value is -2.00. The van der Waals surface area contributed by atoms with Gasteiger partial charge in [0.1, 0.15) is 0 Å². The van der Waals surface area contributed by atoms with Crippen molar-refractivity contribution in [2.75, 3.05) is 5.75 Å². The molecule has 0 unspecified atom stereocenters. The van der Waals surface area contributed by atoms with E-state index in [-0.39, 0.29) is 5.91 Å². The molecule has 0 saturated carbocycles. The molecule has 0 aliphatic carbocycles. The molecule has 2 nitrogen and oxygen atoms in total. The maximum absolute atomic E-state index is 12.3. The summed E-state index contributed by atoms with van der Waals surface area (Å²) in [5, 5.41) is 2.95. The summed E-state index contributed by atoms with van der Waals surface area (Å²) in [7, 11) is 0. The smallest absolute Gasteiger partial charge is 0.252 e. The molecule has 0 aliphatic heterocycles. The zero-order chi connectivity index (χ0) is 14.2. The second-order valence-electron chi connectivity index (χ2n) is 4.26. The van der Waals surface area contributed by atoms with Crippen LogP contribution in [0.3, 0.4) is 0 Å². The third-order valence-electron chi connectivity index (χ3n) is 2.78. The Morgan fingerprint density at radius 2 is 1.80 bits per heavy atom. The van der Waals surface area contributed by atoms with Crippen molar-refractivity contribution < 1.29 is 4.79 Å². The van der Waals surface area contributed by atoms with Crippen molar-refractivity contribution in [1.82, 2.24) is 5.32 Å². The summed E-state index contributed by atoms with van der Waals surface area (Å²) in [6.45, 7) is 4.25. The Bertz CT molecular complexity index is 581. The number of nitrogens with one attached hydrogen (secondary N) is 1. The number of rotatable bonds is 6. The molecule has 20 heavy (non-hydrogen) atoms. The predicted molar refractivity (Wildman–Crippen MR) is 85.0 cm³/mol. The summed E-state index contributed by atoms with van der Waals surface area (Å²) in [5.74, 6) is 0.754. The van der Waals surface area contributed by atoms with Gasteiger partial charge in [-0.15, -0.1) is 18.3 Å². The monoisotopic (exact) mass is 283 g/mol. The summed E-state index contributed by atoms with van der Waals surface area (Å²) in [6, 6.07) is 17.5. The highest BCUT2D eigenvalue weighted by atomic mass is 32.2. The summed E-state index contributed by atoms with van der Waals surface area (Å²) in [4.78, 5) is 13.2. The summed E-state index contributed by atoms with van der Waals surface area (Å²) in [6.07, 6.45) is 1.84. The van der Waals surface area contributed by atoms with E-state index in [1.54, 1.807) is 11.8 Å². The van der Waals surface area contributed by atoms with Crippen molar-refractivity contribution in [3.8, 4) is 0 Å². The van der Waals surface area contributed by atoms with Crippen LogP contribution in [0.15, 0.2) is 72.1 Å². The molecule has 0 saturated heterocycles. The second-order valence-corrected chi connectivity index (χ2v) is 5.33. The second kappa shape index (κ2) is 7.56. The lowest BCUT2D eigenvalue weighted by Gasteiger charge is -2.09. The zero-order valence-corrected chi connectivity index (χ0v) is 12.0. The van der Waals surface area contributed by atoms with E-state index in [0.717, 1.165) is 21.8 Å². The molecule has 0 spiro atoms. The lowest BCUT2D eigenvalue weighted by molar-refractivity contribution is 0.0948. The van der Waals surface area contributed by atoms with Crippen LogP contribution in [0.4, 0.5) is 0 Å². The molecule has 102 valence electrons. The average molecular weight is 283 g/mol. The van der Waals surface area contributed by atoms with Crippen LogP contribution in [0.1, 0.15) is 15.9 Å². The van der Waals surface area contributed by atoms with Crippen molar-refractivity contribution in [3.05, 3.63) is 78.4 Å². The van der Waals surface area contributed by atoms with Crippen molar-refractivity contribution in [1.29, 1.82) is 0 Å². The van der Waals surface area contributed by atoms with Crippen LogP contribution < -0.4 is 5.32 Å². The molecular weight excluding hydrogens is 266 g/mol. The molecule has 0 aromatic heterocycles. The summed E-state index contributed by atoms with van der Waals surface area (Å²) in [5.41, 5.74) is 1.81. The Morgan fingerprint density at radius 3 is 2.55 bits per heavy atom. The molecule has 0 atom stereocenters. The van der Waals surface area contributed by atoms with Gasteiger partial charge in [-0.25, -0.2) is 0 Å². The van der Waals surface area contributed by atoms with Crippen LogP contribution in [0, 0.1) is 0 Å². The number of carbonyl (C=O) groups excluding carboxylic acids is 1. The van der Waals surface area contributed by atoms with E-state index in [1.165, 1.54) is 0 Å². The van der Waals surface area contributed by atoms with Crippen molar-refractivity contribution >= 4 is 17.7 Å². The molecule has 0 radical (unpaired) electrons. The van der Waals surface area contributed by atoms with E-state index in [0.29, 0.717) is 6.54 Å². The van der Waals surface area contributed by atoms with Gasteiger partial charge >= 0.3 is 0 Å². The number of amides is 1. The van der Waals surface area contributed by atoms with Crippen LogP contribution in [0.25, 0.3) is 0 Å². The highest BCUT2D eigenvalue weighted by Gasteiger charge is 2.10. The Balaban J connectivity index is 2.03. The maximum Gasteiger partial charge on any atom is 0.252 e. The van der Waals surface area contributed by atoms with Crippen LogP contribution >= 0.6 is 11.8 Å². The van der Waals surface area contributed by atoms with Crippen molar-refractivity contribution in [2.45, 2.75) is 11.4 Å². The van der Waals surface area contributed by atoms with Gasteiger partial charge < -0.3 is 5.32 Å². The Labute approximate surface area is 123 Å². The standard InChI is InChI=1S/C17H17NOS/c1-2-12-20-16-11-7-6-10-15(16)17(19)18-13-14-8-4-3-5-9-14/h2-11H,1,12-13H2,(H,18,19). The van der Waals surface area contributed by atoms with Gasteiger partial charge in [-0.3, -0.25) is 4.79 Å². The number of carbonyl (C=O) groups is 1. The summed E-state index contributed by atoms with van der Waals surface area (Å²) < 4.78 is 0. The van der Waals surface area contributed by atoms with Gasteiger partial charge in [0.25, 0.3) is 5.91 Å². The normalized spacial score (nSPS) is 10.0. The number of thioether (sulfide) groups is 1. The van der Waals surface area contributed by atoms with Gasteiger partial charge in [0.15, 0.2) is 0 Å². The van der Waals surface area contributed by atoms with E-state index >= 15 is 0 Å². The molecule has 0 aliphatic rings. The highest BCUT2D eigenvalue weighted by Crippen LogP contribution is 2.22. The zero-order valence-electron chi connectivity index (χ0n) is 11.2. The first-order valence-electron chi connectivity index (χ1n) is 6.46. The lowest BCUT2D eigenvalue weighted by atomic mass is 10.2. The van der Waals surface area contributed by atoms with Crippen LogP contribution in [0.5, 0.6) is 0 Å². The SMILES string of the molecule is C=CCSc1ccccc1C(=O)NCc1ccccc1.